The van der Waals surface area contributed by atoms with Crippen molar-refractivity contribution in [3.63, 3.8) is 0 Å². The van der Waals surface area contributed by atoms with Crippen LogP contribution in [0, 0.1) is 22.7 Å². The average Bonchev–Trinajstić information content (AvgIpc) is 3.15. The van der Waals surface area contributed by atoms with Gasteiger partial charge in [-0.3, -0.25) is 10.2 Å². The van der Waals surface area contributed by atoms with Gasteiger partial charge in [0.05, 0.1) is 17.6 Å². The summed E-state index contributed by atoms with van der Waals surface area (Å²) in [5.74, 6) is 1.46. The highest BCUT2D eigenvalue weighted by molar-refractivity contribution is 8.14. The van der Waals surface area contributed by atoms with E-state index in [0.29, 0.717) is 17.8 Å². The van der Waals surface area contributed by atoms with Crippen LogP contribution in [0.25, 0.3) is 0 Å². The third kappa shape index (κ3) is 2.55. The van der Waals surface area contributed by atoms with Crippen molar-refractivity contribution >= 4 is 28.5 Å². The number of nitrogens with zero attached hydrogens (tertiary/aromatic N) is 2. The molecule has 1 aromatic rings. The lowest BCUT2D eigenvalue weighted by atomic mass is 9.55. The Morgan fingerprint density at radius 3 is 2.89 bits per heavy atom. The Hall–Kier alpha value is -1.86. The molecule has 4 aliphatic rings. The molecule has 5 rings (SSSR count). The molecule has 1 saturated heterocycles. The van der Waals surface area contributed by atoms with Crippen LogP contribution in [0.1, 0.15) is 56.1 Å². The molecule has 1 aliphatic heterocycles. The van der Waals surface area contributed by atoms with E-state index < -0.39 is 0 Å². The molecule has 3 N–H and O–H groups in total. The summed E-state index contributed by atoms with van der Waals surface area (Å²) < 4.78 is 0. The van der Waals surface area contributed by atoms with Gasteiger partial charge in [0.25, 0.3) is 5.91 Å². The summed E-state index contributed by atoms with van der Waals surface area (Å²) in [4.78, 5) is 12.2. The van der Waals surface area contributed by atoms with E-state index in [1.54, 1.807) is 12.1 Å². The zero-order valence-corrected chi connectivity index (χ0v) is 16.7. The van der Waals surface area contributed by atoms with E-state index in [1.165, 1.54) is 22.3 Å². The molecule has 0 bridgehead atoms. The zero-order chi connectivity index (χ0) is 19.6. The highest BCUT2D eigenvalue weighted by Crippen LogP contribution is 2.61. The van der Waals surface area contributed by atoms with Crippen LogP contribution in [-0.2, 0) is 4.79 Å². The fourth-order valence-corrected chi connectivity index (χ4v) is 6.71. The summed E-state index contributed by atoms with van der Waals surface area (Å²) in [5.41, 5.74) is 2.81. The van der Waals surface area contributed by atoms with Crippen molar-refractivity contribution in [3.8, 4) is 5.75 Å². The Labute approximate surface area is 168 Å². The molecular weight excluding hydrogens is 374 g/mol. The molecule has 1 aromatic carbocycles. The first-order valence-electron chi connectivity index (χ1n) is 10.0. The number of aliphatic hydroxyl groups is 1. The largest absolute Gasteiger partial charge is 0.508 e. The van der Waals surface area contributed by atoms with Gasteiger partial charge in [-0.25, -0.2) is 0 Å². The van der Waals surface area contributed by atoms with Crippen LogP contribution in [0.2, 0.25) is 0 Å². The van der Waals surface area contributed by atoms with Gasteiger partial charge in [-0.2, -0.15) is 10.1 Å². The molecule has 148 valence electrons. The Morgan fingerprint density at radius 2 is 2.14 bits per heavy atom. The lowest BCUT2D eigenvalue weighted by Gasteiger charge is -2.50. The highest BCUT2D eigenvalue weighted by Gasteiger charge is 2.55. The number of fused-ring (bicyclic) bond motifs is 5. The van der Waals surface area contributed by atoms with Gasteiger partial charge < -0.3 is 10.2 Å². The number of aliphatic hydroxyl groups excluding tert-OH is 1. The lowest BCUT2D eigenvalue weighted by Crippen LogP contribution is -2.45. The second-order valence-electron chi connectivity index (χ2n) is 8.84. The molecular formula is C21H25N3O3S. The van der Waals surface area contributed by atoms with Crippen molar-refractivity contribution in [1.29, 1.82) is 5.41 Å². The van der Waals surface area contributed by atoms with E-state index in [1.807, 2.05) is 6.07 Å². The molecule has 0 spiro atoms. The molecule has 6 nitrogen and oxygen atoms in total. The summed E-state index contributed by atoms with van der Waals surface area (Å²) in [5, 5.41) is 34.7. The number of hydrogen-bond donors (Lipinski definition) is 3. The van der Waals surface area contributed by atoms with Gasteiger partial charge in [-0.1, -0.05) is 24.8 Å². The lowest BCUT2D eigenvalue weighted by molar-refractivity contribution is -0.124. The molecule has 0 unspecified atom stereocenters. The number of phenolic OH excluding ortho intramolecular Hbond substituents is 1. The minimum atomic E-state index is -0.246. The monoisotopic (exact) mass is 399 g/mol. The van der Waals surface area contributed by atoms with Crippen LogP contribution in [0.4, 0.5) is 0 Å². The predicted octanol–water partition coefficient (Wildman–Crippen LogP) is 3.28. The molecule has 7 heteroatoms. The van der Waals surface area contributed by atoms with Crippen molar-refractivity contribution in [3.05, 3.63) is 29.3 Å². The summed E-state index contributed by atoms with van der Waals surface area (Å²) in [6.45, 7) is 2.23. The van der Waals surface area contributed by atoms with E-state index in [2.05, 4.69) is 12.0 Å². The van der Waals surface area contributed by atoms with Crippen molar-refractivity contribution in [1.82, 2.24) is 5.01 Å². The second-order valence-corrected chi connectivity index (χ2v) is 9.80. The minimum Gasteiger partial charge on any atom is -0.508 e. The van der Waals surface area contributed by atoms with Crippen LogP contribution in [0.5, 0.6) is 5.75 Å². The molecule has 28 heavy (non-hydrogen) atoms. The maximum Gasteiger partial charge on any atom is 0.259 e. The summed E-state index contributed by atoms with van der Waals surface area (Å²) >= 11 is 1.19. The number of rotatable bonds is 1. The van der Waals surface area contributed by atoms with Gasteiger partial charge in [0.2, 0.25) is 0 Å². The SMILES string of the molecule is C[C@]12CC[C@@H]3c4ccc(O)cc4/C(=N\N4C(=N)SCC4=O)C[C@H]3[C@@H]1CC[C@@H]2O. The van der Waals surface area contributed by atoms with Crippen LogP contribution >= 0.6 is 11.8 Å². The number of benzene rings is 1. The second kappa shape index (κ2) is 6.32. The predicted molar refractivity (Wildman–Crippen MR) is 109 cm³/mol. The number of carbonyl (C=O) groups excluding carboxylic acids is 1. The van der Waals surface area contributed by atoms with Crippen LogP contribution in [-0.4, -0.2) is 43.9 Å². The average molecular weight is 400 g/mol. The number of hydrogen-bond acceptors (Lipinski definition) is 6. The maximum absolute atomic E-state index is 12.2. The quantitative estimate of drug-likeness (QED) is 0.675. The number of amides is 1. The number of phenols is 1. The summed E-state index contributed by atoms with van der Waals surface area (Å²) in [7, 11) is 0. The van der Waals surface area contributed by atoms with E-state index in [-0.39, 0.29) is 34.1 Å². The number of carbonyl (C=O) groups is 1. The van der Waals surface area contributed by atoms with Gasteiger partial charge in [-0.05, 0) is 73.0 Å². The maximum atomic E-state index is 12.2. The molecule has 0 radical (unpaired) electrons. The van der Waals surface area contributed by atoms with Gasteiger partial charge in [0.1, 0.15) is 5.75 Å². The zero-order valence-electron chi connectivity index (χ0n) is 15.9. The first-order valence-corrected chi connectivity index (χ1v) is 11.0. The fraction of sp³-hybridized carbons (Fsp3) is 0.571. The standard InChI is InChI=1S/C21H25N3O3S/c1-21-7-6-13-12-3-2-11(25)8-15(12)17(23-24-19(27)10-28-20(24)22)9-14(13)16(21)4-5-18(21)26/h2-3,8,13-14,16,18,22,25-26H,4-7,9-10H2,1H3/b22-20?,23-17-/t13-,14-,16+,18+,21+/m1/s1. The van der Waals surface area contributed by atoms with E-state index in [9.17, 15) is 15.0 Å². The summed E-state index contributed by atoms with van der Waals surface area (Å²) in [6, 6.07) is 5.48. The molecule has 3 fully saturated rings. The molecule has 3 aliphatic carbocycles. The topological polar surface area (TPSA) is 97.0 Å². The Kier molecular flexibility index (Phi) is 4.11. The Morgan fingerprint density at radius 1 is 1.32 bits per heavy atom. The van der Waals surface area contributed by atoms with E-state index in [0.717, 1.165) is 43.4 Å². The molecule has 1 heterocycles. The molecule has 5 atom stereocenters. The first kappa shape index (κ1) is 18.2. The molecule has 0 aromatic heterocycles. The van der Waals surface area contributed by atoms with Gasteiger partial charge in [-0.15, -0.1) is 0 Å². The number of thioether (sulfide) groups is 1. The van der Waals surface area contributed by atoms with E-state index >= 15 is 0 Å². The van der Waals surface area contributed by atoms with Crippen molar-refractivity contribution < 1.29 is 15.0 Å². The van der Waals surface area contributed by atoms with Gasteiger partial charge in [0, 0.05) is 5.56 Å². The van der Waals surface area contributed by atoms with Gasteiger partial charge in [0.15, 0.2) is 5.17 Å². The number of hydrazone groups is 1. The Bertz CT molecular complexity index is 885. The fourth-order valence-electron chi connectivity index (χ4n) is 6.06. The third-order valence-electron chi connectivity index (χ3n) is 7.55. The normalized spacial score (nSPS) is 38.5. The van der Waals surface area contributed by atoms with E-state index in [4.69, 9.17) is 5.41 Å². The third-order valence-corrected chi connectivity index (χ3v) is 8.38. The number of aromatic hydroxyl groups is 1. The smallest absolute Gasteiger partial charge is 0.259 e. The Balaban J connectivity index is 1.60. The first-order chi connectivity index (χ1) is 13.4. The van der Waals surface area contributed by atoms with Crippen LogP contribution in [0.3, 0.4) is 0 Å². The summed E-state index contributed by atoms with van der Waals surface area (Å²) in [6.07, 6.45) is 4.38. The molecule has 2 saturated carbocycles. The van der Waals surface area contributed by atoms with Crippen molar-refractivity contribution in [2.75, 3.05) is 5.75 Å². The van der Waals surface area contributed by atoms with Crippen molar-refractivity contribution in [2.24, 2.45) is 22.4 Å². The van der Waals surface area contributed by atoms with Crippen LogP contribution in [0.15, 0.2) is 23.3 Å². The number of nitrogens with one attached hydrogen (secondary N) is 1. The molecule has 1 amide bonds. The number of amidine groups is 1. The highest BCUT2D eigenvalue weighted by atomic mass is 32.2. The minimum absolute atomic E-state index is 0.0489. The van der Waals surface area contributed by atoms with Crippen molar-refractivity contribution in [2.45, 2.75) is 51.0 Å². The van der Waals surface area contributed by atoms with Crippen LogP contribution < -0.4 is 0 Å². The van der Waals surface area contributed by atoms with Gasteiger partial charge >= 0.3 is 0 Å².